The molecule has 1 atom stereocenters. The maximum Gasteiger partial charge on any atom is 0.0344 e. The van der Waals surface area contributed by atoms with Gasteiger partial charge in [0.05, 0.1) is 0 Å². The number of hydrogen-bond donors (Lipinski definition) is 2. The first-order valence-electron chi connectivity index (χ1n) is 4.52. The third-order valence-electron chi connectivity index (χ3n) is 2.74. The van der Waals surface area contributed by atoms with E-state index in [9.17, 15) is 0 Å². The summed E-state index contributed by atoms with van der Waals surface area (Å²) in [6.45, 7) is 3.41. The molecule has 0 aromatic carbocycles. The lowest BCUT2D eigenvalue weighted by Gasteiger charge is -2.39. The van der Waals surface area contributed by atoms with Crippen LogP contribution in [-0.2, 0) is 0 Å². The molecule has 62 valence electrons. The van der Waals surface area contributed by atoms with Crippen molar-refractivity contribution in [3.63, 3.8) is 0 Å². The van der Waals surface area contributed by atoms with E-state index < -0.39 is 0 Å². The van der Waals surface area contributed by atoms with E-state index in [1.807, 2.05) is 0 Å². The van der Waals surface area contributed by atoms with Gasteiger partial charge in [0.1, 0.15) is 0 Å². The van der Waals surface area contributed by atoms with Gasteiger partial charge in [0.15, 0.2) is 0 Å². The van der Waals surface area contributed by atoms with Gasteiger partial charge in [0, 0.05) is 18.6 Å². The molecule has 2 aliphatic heterocycles. The molecule has 1 saturated heterocycles. The quantitative estimate of drug-likeness (QED) is 0.498. The fourth-order valence-corrected chi connectivity index (χ4v) is 2.03. The van der Waals surface area contributed by atoms with Crippen LogP contribution in [0.15, 0.2) is 12.2 Å². The zero-order valence-corrected chi connectivity index (χ0v) is 6.90. The van der Waals surface area contributed by atoms with Gasteiger partial charge in [-0.05, 0) is 25.8 Å². The molecule has 0 aliphatic carbocycles. The molecule has 0 amide bonds. The normalized spacial score (nSPS) is 37.8. The third kappa shape index (κ3) is 1.47. The smallest absolute Gasteiger partial charge is 0.0344 e. The Morgan fingerprint density at radius 2 is 2.27 bits per heavy atom. The van der Waals surface area contributed by atoms with Crippen LogP contribution in [0.4, 0.5) is 0 Å². The van der Waals surface area contributed by atoms with E-state index in [-0.39, 0.29) is 0 Å². The van der Waals surface area contributed by atoms with Crippen molar-refractivity contribution in [2.24, 2.45) is 0 Å². The Morgan fingerprint density at radius 3 is 2.91 bits per heavy atom. The van der Waals surface area contributed by atoms with E-state index in [0.29, 0.717) is 5.54 Å². The Morgan fingerprint density at radius 1 is 1.27 bits per heavy atom. The highest BCUT2D eigenvalue weighted by Gasteiger charge is 2.30. The molecular formula is C9H16N2. The van der Waals surface area contributed by atoms with Gasteiger partial charge in [0.25, 0.3) is 0 Å². The average Bonchev–Trinajstić information content (AvgIpc) is 2.07. The molecule has 0 saturated carbocycles. The fraction of sp³-hybridized carbons (Fsp3) is 0.778. The van der Waals surface area contributed by atoms with E-state index in [2.05, 4.69) is 22.8 Å². The summed E-state index contributed by atoms with van der Waals surface area (Å²) in [4.78, 5) is 0. The molecule has 1 unspecified atom stereocenters. The predicted octanol–water partition coefficient (Wildman–Crippen LogP) is 0.658. The lowest BCUT2D eigenvalue weighted by molar-refractivity contribution is 0.252. The van der Waals surface area contributed by atoms with Crippen LogP contribution < -0.4 is 10.6 Å². The molecule has 2 N–H and O–H groups in total. The number of nitrogens with one attached hydrogen (secondary N) is 2. The summed E-state index contributed by atoms with van der Waals surface area (Å²) in [5.74, 6) is 0. The number of piperidine rings is 1. The summed E-state index contributed by atoms with van der Waals surface area (Å²) in [6, 6.07) is 0. The molecule has 2 heteroatoms. The minimum Gasteiger partial charge on any atom is -0.315 e. The van der Waals surface area contributed by atoms with E-state index in [0.717, 1.165) is 13.1 Å². The van der Waals surface area contributed by atoms with Crippen molar-refractivity contribution < 1.29 is 0 Å². The molecule has 2 rings (SSSR count). The maximum atomic E-state index is 3.59. The summed E-state index contributed by atoms with van der Waals surface area (Å²) in [6.07, 6.45) is 8.40. The van der Waals surface area contributed by atoms with Crippen molar-refractivity contribution in [3.8, 4) is 0 Å². The summed E-state index contributed by atoms with van der Waals surface area (Å²) in [5.41, 5.74) is 0.410. The first-order valence-corrected chi connectivity index (χ1v) is 4.52. The molecule has 11 heavy (non-hydrogen) atoms. The van der Waals surface area contributed by atoms with Crippen molar-refractivity contribution in [1.29, 1.82) is 0 Å². The lowest BCUT2D eigenvalue weighted by Crippen LogP contribution is -2.56. The second-order valence-electron chi connectivity index (χ2n) is 3.62. The highest BCUT2D eigenvalue weighted by Crippen LogP contribution is 2.22. The van der Waals surface area contributed by atoms with Crippen LogP contribution in [0.5, 0.6) is 0 Å². The average molecular weight is 152 g/mol. The Hall–Kier alpha value is -0.340. The topological polar surface area (TPSA) is 24.1 Å². The minimum atomic E-state index is 0.410. The zero-order valence-electron chi connectivity index (χ0n) is 6.90. The first-order chi connectivity index (χ1) is 5.41. The van der Waals surface area contributed by atoms with Gasteiger partial charge in [-0.15, -0.1) is 0 Å². The molecule has 2 nitrogen and oxygen atoms in total. The third-order valence-corrected chi connectivity index (χ3v) is 2.74. The Kier molecular flexibility index (Phi) is 1.96. The van der Waals surface area contributed by atoms with Gasteiger partial charge in [-0.25, -0.2) is 0 Å². The van der Waals surface area contributed by atoms with Crippen molar-refractivity contribution in [2.75, 3.05) is 19.6 Å². The molecule has 2 aliphatic rings. The summed E-state index contributed by atoms with van der Waals surface area (Å²) in [5, 5.41) is 7.03. The van der Waals surface area contributed by atoms with E-state index in [1.165, 1.54) is 25.8 Å². The first kappa shape index (κ1) is 7.32. The fourth-order valence-electron chi connectivity index (χ4n) is 2.03. The van der Waals surface area contributed by atoms with Crippen LogP contribution >= 0.6 is 0 Å². The number of rotatable bonds is 0. The van der Waals surface area contributed by atoms with Crippen LogP contribution in [0.2, 0.25) is 0 Å². The van der Waals surface area contributed by atoms with Crippen molar-refractivity contribution >= 4 is 0 Å². The molecule has 1 spiro atoms. The highest BCUT2D eigenvalue weighted by atomic mass is 15.1. The van der Waals surface area contributed by atoms with Gasteiger partial charge in [-0.1, -0.05) is 12.2 Å². The van der Waals surface area contributed by atoms with Gasteiger partial charge in [0.2, 0.25) is 0 Å². The van der Waals surface area contributed by atoms with Crippen LogP contribution in [0.1, 0.15) is 19.3 Å². The molecule has 0 aromatic rings. The van der Waals surface area contributed by atoms with Gasteiger partial charge in [-0.2, -0.15) is 0 Å². The van der Waals surface area contributed by atoms with Crippen molar-refractivity contribution in [3.05, 3.63) is 12.2 Å². The van der Waals surface area contributed by atoms with Crippen LogP contribution in [0, 0.1) is 0 Å². The standard InChI is InChI=1S/C9H16N2/c1-2-7-11-9(4-1)5-3-6-10-8-9/h1-2,10-11H,3-8H2. The van der Waals surface area contributed by atoms with Gasteiger partial charge >= 0.3 is 0 Å². The zero-order chi connectivity index (χ0) is 7.57. The second kappa shape index (κ2) is 2.95. The minimum absolute atomic E-state index is 0.410. The Bertz CT molecular complexity index is 157. The highest BCUT2D eigenvalue weighted by molar-refractivity contribution is 5.05. The Balaban J connectivity index is 2.01. The summed E-state index contributed by atoms with van der Waals surface area (Å²) in [7, 11) is 0. The predicted molar refractivity (Wildman–Crippen MR) is 46.6 cm³/mol. The second-order valence-corrected chi connectivity index (χ2v) is 3.62. The monoisotopic (exact) mass is 152 g/mol. The Labute approximate surface area is 68.1 Å². The van der Waals surface area contributed by atoms with Gasteiger partial charge in [-0.3, -0.25) is 0 Å². The van der Waals surface area contributed by atoms with Crippen molar-refractivity contribution in [1.82, 2.24) is 10.6 Å². The lowest BCUT2D eigenvalue weighted by atomic mass is 9.85. The molecular weight excluding hydrogens is 136 g/mol. The maximum absolute atomic E-state index is 3.59. The summed E-state index contributed by atoms with van der Waals surface area (Å²) >= 11 is 0. The van der Waals surface area contributed by atoms with Gasteiger partial charge < -0.3 is 10.6 Å². The molecule has 1 fully saturated rings. The van der Waals surface area contributed by atoms with Crippen LogP contribution in [0.25, 0.3) is 0 Å². The molecule has 0 aromatic heterocycles. The number of hydrogen-bond acceptors (Lipinski definition) is 2. The SMILES string of the molecule is C1=CCC2(CCCNC2)NC1. The van der Waals surface area contributed by atoms with E-state index in [1.54, 1.807) is 0 Å². The van der Waals surface area contributed by atoms with Crippen LogP contribution in [0.3, 0.4) is 0 Å². The van der Waals surface area contributed by atoms with E-state index >= 15 is 0 Å². The molecule has 0 radical (unpaired) electrons. The summed E-state index contributed by atoms with van der Waals surface area (Å²) < 4.78 is 0. The molecule has 2 heterocycles. The largest absolute Gasteiger partial charge is 0.315 e. The molecule has 0 bridgehead atoms. The van der Waals surface area contributed by atoms with Crippen LogP contribution in [-0.4, -0.2) is 25.2 Å². The van der Waals surface area contributed by atoms with Crippen molar-refractivity contribution in [2.45, 2.75) is 24.8 Å². The van der Waals surface area contributed by atoms with E-state index in [4.69, 9.17) is 0 Å².